The second-order valence-corrected chi connectivity index (χ2v) is 8.08. The molecule has 1 amide bonds. The van der Waals surface area contributed by atoms with E-state index in [2.05, 4.69) is 26.5 Å². The Morgan fingerprint density at radius 3 is 2.62 bits per heavy atom. The summed E-state index contributed by atoms with van der Waals surface area (Å²) in [6.07, 6.45) is 1.32. The van der Waals surface area contributed by atoms with Crippen LogP contribution in [0.5, 0.6) is 11.5 Å². The Bertz CT molecular complexity index is 1080. The number of rotatable bonds is 7. The number of nitrogens with one attached hydrogen (secondary N) is 1. The van der Waals surface area contributed by atoms with E-state index >= 15 is 0 Å². The van der Waals surface area contributed by atoms with E-state index in [1.165, 1.54) is 35.0 Å². The number of benzene rings is 2. The minimum Gasteiger partial charge on any atom is -0.508 e. The zero-order valence-corrected chi connectivity index (χ0v) is 18.0. The first-order chi connectivity index (χ1) is 13.9. The van der Waals surface area contributed by atoms with Gasteiger partial charge in [0.05, 0.1) is 17.6 Å². The summed E-state index contributed by atoms with van der Waals surface area (Å²) in [5.41, 5.74) is 3.24. The second-order valence-electron chi connectivity index (χ2n) is 5.81. The molecule has 10 heteroatoms. The van der Waals surface area contributed by atoms with Crippen LogP contribution < -0.4 is 15.0 Å². The summed E-state index contributed by atoms with van der Waals surface area (Å²) < 4.78 is 7.65. The summed E-state index contributed by atoms with van der Waals surface area (Å²) in [6, 6.07) is 13.5. The van der Waals surface area contributed by atoms with Gasteiger partial charge >= 0.3 is 4.87 Å². The molecule has 0 saturated heterocycles. The molecule has 1 heterocycles. The molecule has 0 fully saturated rings. The summed E-state index contributed by atoms with van der Waals surface area (Å²) in [6.45, 7) is 0.0821. The molecule has 0 unspecified atom stereocenters. The van der Waals surface area contributed by atoms with Crippen LogP contribution in [0.3, 0.4) is 0 Å². The number of amides is 1. The third kappa shape index (κ3) is 5.93. The van der Waals surface area contributed by atoms with E-state index in [1.54, 1.807) is 0 Å². The zero-order chi connectivity index (χ0) is 20.8. The molecule has 2 N–H and O–H groups in total. The quantitative estimate of drug-likeness (QED) is 0.386. The maximum absolute atomic E-state index is 12.2. The third-order valence-electron chi connectivity index (χ3n) is 3.69. The fraction of sp³-hybridized carbons (Fsp3) is 0.105. The number of phenols is 1. The second kappa shape index (κ2) is 9.73. The van der Waals surface area contributed by atoms with Gasteiger partial charge in [0.25, 0.3) is 5.91 Å². The zero-order valence-electron chi connectivity index (χ0n) is 14.8. The molecule has 2 aromatic carbocycles. The monoisotopic (exact) mass is 495 g/mol. The van der Waals surface area contributed by atoms with Crippen LogP contribution in [-0.2, 0) is 11.3 Å². The molecule has 0 aliphatic heterocycles. The molecule has 150 valence electrons. The van der Waals surface area contributed by atoms with Gasteiger partial charge in [-0.15, -0.1) is 0 Å². The van der Waals surface area contributed by atoms with Crippen LogP contribution in [0.2, 0.25) is 5.15 Å². The standard InChI is InChI=1S/C19H15BrClN3O4S/c20-13-3-1-12(2-4-13)10-24-18(21)16(29-19(24)27)9-22-23-17(26)11-28-15-7-5-14(25)6-8-15/h1-9,25H,10-11H2,(H,23,26)/b22-9+. The van der Waals surface area contributed by atoms with Crippen molar-refractivity contribution in [2.75, 3.05) is 6.61 Å². The molecule has 3 aromatic rings. The fourth-order valence-electron chi connectivity index (χ4n) is 2.28. The Hall–Kier alpha value is -2.62. The van der Waals surface area contributed by atoms with Crippen molar-refractivity contribution >= 4 is 51.0 Å². The molecule has 29 heavy (non-hydrogen) atoms. The molecular formula is C19H15BrClN3O4S. The average molecular weight is 497 g/mol. The van der Waals surface area contributed by atoms with Crippen LogP contribution in [0.25, 0.3) is 0 Å². The molecule has 0 spiro atoms. The summed E-state index contributed by atoms with van der Waals surface area (Å²) >= 11 is 10.6. The highest BCUT2D eigenvalue weighted by molar-refractivity contribution is 9.10. The number of nitrogens with zero attached hydrogens (tertiary/aromatic N) is 2. The largest absolute Gasteiger partial charge is 0.508 e. The lowest BCUT2D eigenvalue weighted by molar-refractivity contribution is -0.123. The summed E-state index contributed by atoms with van der Waals surface area (Å²) in [7, 11) is 0. The fourth-order valence-corrected chi connectivity index (χ4v) is 3.65. The van der Waals surface area contributed by atoms with Crippen LogP contribution in [0.1, 0.15) is 10.4 Å². The van der Waals surface area contributed by atoms with E-state index in [-0.39, 0.29) is 22.4 Å². The van der Waals surface area contributed by atoms with Crippen LogP contribution in [0.15, 0.2) is 62.9 Å². The van der Waals surface area contributed by atoms with Crippen molar-refractivity contribution in [1.82, 2.24) is 9.99 Å². The highest BCUT2D eigenvalue weighted by Crippen LogP contribution is 2.19. The SMILES string of the molecule is O=C(COc1ccc(O)cc1)N/N=C/c1sc(=O)n(Cc2ccc(Br)cc2)c1Cl. The molecule has 1 aromatic heterocycles. The van der Waals surface area contributed by atoms with Gasteiger partial charge in [-0.05, 0) is 42.0 Å². The van der Waals surface area contributed by atoms with E-state index in [4.69, 9.17) is 16.3 Å². The minimum atomic E-state index is -0.480. The Labute approximate surface area is 183 Å². The van der Waals surface area contributed by atoms with E-state index < -0.39 is 5.91 Å². The molecule has 0 aliphatic rings. The Morgan fingerprint density at radius 2 is 1.93 bits per heavy atom. The first-order valence-electron chi connectivity index (χ1n) is 8.29. The number of aromatic nitrogens is 1. The van der Waals surface area contributed by atoms with Crippen molar-refractivity contribution in [2.24, 2.45) is 5.10 Å². The maximum Gasteiger partial charge on any atom is 0.309 e. The number of ether oxygens (including phenoxy) is 1. The molecule has 7 nitrogen and oxygen atoms in total. The van der Waals surface area contributed by atoms with E-state index in [1.807, 2.05) is 24.3 Å². The molecule has 0 bridgehead atoms. The predicted molar refractivity (Wildman–Crippen MR) is 116 cm³/mol. The number of halogens is 2. The van der Waals surface area contributed by atoms with Crippen molar-refractivity contribution < 1.29 is 14.6 Å². The number of hydrazone groups is 1. The number of phenolic OH excluding ortho intramolecular Hbond substituents is 1. The van der Waals surface area contributed by atoms with Gasteiger partial charge in [0, 0.05) is 4.47 Å². The van der Waals surface area contributed by atoms with Crippen molar-refractivity contribution in [2.45, 2.75) is 6.54 Å². The first kappa shape index (κ1) is 21.1. The summed E-state index contributed by atoms with van der Waals surface area (Å²) in [5.74, 6) is 0.0645. The maximum atomic E-state index is 12.2. The van der Waals surface area contributed by atoms with Crippen LogP contribution >= 0.6 is 38.9 Å². The highest BCUT2D eigenvalue weighted by Gasteiger charge is 2.12. The Kier molecular flexibility index (Phi) is 7.08. The predicted octanol–water partition coefficient (Wildman–Crippen LogP) is 3.61. The van der Waals surface area contributed by atoms with Crippen molar-refractivity contribution in [3.63, 3.8) is 0 Å². The van der Waals surface area contributed by atoms with Gasteiger partial charge in [-0.2, -0.15) is 5.10 Å². The van der Waals surface area contributed by atoms with Gasteiger partial charge in [0.15, 0.2) is 6.61 Å². The molecule has 0 saturated carbocycles. The van der Waals surface area contributed by atoms with Crippen molar-refractivity contribution in [3.8, 4) is 11.5 Å². The smallest absolute Gasteiger partial charge is 0.309 e. The van der Waals surface area contributed by atoms with Gasteiger partial charge in [0.2, 0.25) is 0 Å². The number of carbonyl (C=O) groups is 1. The lowest BCUT2D eigenvalue weighted by atomic mass is 10.2. The highest BCUT2D eigenvalue weighted by atomic mass is 79.9. The van der Waals surface area contributed by atoms with Gasteiger partial charge in [-0.1, -0.05) is 51.0 Å². The Balaban J connectivity index is 1.57. The lowest BCUT2D eigenvalue weighted by Crippen LogP contribution is -2.24. The van der Waals surface area contributed by atoms with E-state index in [9.17, 15) is 14.7 Å². The molecule has 0 aliphatic carbocycles. The van der Waals surface area contributed by atoms with E-state index in [0.717, 1.165) is 21.4 Å². The van der Waals surface area contributed by atoms with Gasteiger partial charge in [0.1, 0.15) is 16.7 Å². The summed E-state index contributed by atoms with van der Waals surface area (Å²) in [5, 5.41) is 13.3. The normalized spacial score (nSPS) is 11.0. The third-order valence-corrected chi connectivity index (χ3v) is 5.65. The topological polar surface area (TPSA) is 92.9 Å². The average Bonchev–Trinajstić information content (AvgIpc) is 2.97. The number of aromatic hydroxyl groups is 1. The molecular weight excluding hydrogens is 482 g/mol. The van der Waals surface area contributed by atoms with Crippen molar-refractivity contribution in [3.05, 3.63) is 78.3 Å². The number of carbonyl (C=O) groups excluding carboxylic acids is 1. The number of hydrogen-bond donors (Lipinski definition) is 2. The molecule has 0 atom stereocenters. The van der Waals surface area contributed by atoms with E-state index in [0.29, 0.717) is 17.2 Å². The van der Waals surface area contributed by atoms with Gasteiger partial charge < -0.3 is 9.84 Å². The number of thiazole rings is 1. The molecule has 0 radical (unpaired) electrons. The van der Waals surface area contributed by atoms with Crippen LogP contribution in [-0.4, -0.2) is 28.4 Å². The first-order valence-corrected chi connectivity index (χ1v) is 10.3. The molecule has 3 rings (SSSR count). The Morgan fingerprint density at radius 1 is 1.24 bits per heavy atom. The van der Waals surface area contributed by atoms with Crippen LogP contribution in [0.4, 0.5) is 0 Å². The van der Waals surface area contributed by atoms with Crippen molar-refractivity contribution in [1.29, 1.82) is 0 Å². The number of hydrogen-bond acceptors (Lipinski definition) is 6. The minimum absolute atomic E-state index is 0.106. The van der Waals surface area contributed by atoms with Gasteiger partial charge in [-0.25, -0.2) is 5.43 Å². The summed E-state index contributed by atoms with van der Waals surface area (Å²) in [4.78, 5) is 24.2. The lowest BCUT2D eigenvalue weighted by Gasteiger charge is -2.05. The van der Waals surface area contributed by atoms with Crippen LogP contribution in [0, 0.1) is 0 Å². The van der Waals surface area contributed by atoms with Gasteiger partial charge in [-0.3, -0.25) is 14.2 Å².